The normalized spacial score (nSPS) is 34.6. The molecular formula is C7H12BN3O. The van der Waals surface area contributed by atoms with E-state index in [4.69, 9.17) is 18.1 Å². The third kappa shape index (κ3) is 2.16. The van der Waals surface area contributed by atoms with Crippen LogP contribution in [0.2, 0.25) is 0 Å². The van der Waals surface area contributed by atoms with Crippen LogP contribution in [-0.2, 0) is 4.74 Å². The van der Waals surface area contributed by atoms with Crippen molar-refractivity contribution in [1.29, 1.82) is 0 Å². The van der Waals surface area contributed by atoms with Gasteiger partial charge in [0, 0.05) is 10.9 Å². The Balaban J connectivity index is 2.52. The summed E-state index contributed by atoms with van der Waals surface area (Å²) in [6.45, 7) is 2.07. The van der Waals surface area contributed by atoms with Crippen LogP contribution in [0.15, 0.2) is 5.11 Å². The van der Waals surface area contributed by atoms with Gasteiger partial charge in [-0.15, -0.1) is 0 Å². The Labute approximate surface area is 73.3 Å². The van der Waals surface area contributed by atoms with Gasteiger partial charge in [-0.2, -0.15) is 0 Å². The quantitative estimate of drug-likeness (QED) is 0.272. The average Bonchev–Trinajstić information content (AvgIpc) is 2.33. The van der Waals surface area contributed by atoms with Gasteiger partial charge >= 0.3 is 0 Å². The number of nitrogens with zero attached hydrogens (tertiary/aromatic N) is 3. The first kappa shape index (κ1) is 9.42. The molecule has 1 aliphatic heterocycles. The molecule has 0 amide bonds. The van der Waals surface area contributed by atoms with Crippen molar-refractivity contribution in [3.05, 3.63) is 10.4 Å². The second kappa shape index (κ2) is 4.38. The molecule has 0 aliphatic carbocycles. The first-order valence-corrected chi connectivity index (χ1v) is 4.23. The minimum Gasteiger partial charge on any atom is -0.384 e. The second-order valence-corrected chi connectivity index (χ2v) is 3.01. The molecule has 1 aliphatic rings. The summed E-state index contributed by atoms with van der Waals surface area (Å²) in [5.41, 5.74) is 8.26. The Kier molecular flexibility index (Phi) is 3.44. The molecule has 1 fully saturated rings. The number of ether oxygens (including phenoxy) is 1. The standard InChI is InChI=1S/C7H12BN3O/c1-2-3-6-5(10-11-9)4-7(8)12-6/h5-7H,2-4H2,1H3. The summed E-state index contributed by atoms with van der Waals surface area (Å²) in [6, 6.07) is -0.318. The van der Waals surface area contributed by atoms with Crippen LogP contribution in [-0.4, -0.2) is 26.0 Å². The molecule has 3 unspecified atom stereocenters. The fraction of sp³-hybridized carbons (Fsp3) is 1.00. The van der Waals surface area contributed by atoms with E-state index in [2.05, 4.69) is 16.9 Å². The molecule has 4 nitrogen and oxygen atoms in total. The molecule has 0 saturated carbocycles. The molecule has 0 bridgehead atoms. The van der Waals surface area contributed by atoms with Gasteiger partial charge in [-0.25, -0.2) is 0 Å². The van der Waals surface area contributed by atoms with Crippen molar-refractivity contribution in [1.82, 2.24) is 0 Å². The molecule has 3 atom stereocenters. The summed E-state index contributed by atoms with van der Waals surface area (Å²) in [4.78, 5) is 2.77. The Hall–Kier alpha value is -0.665. The van der Waals surface area contributed by atoms with Crippen molar-refractivity contribution in [3.8, 4) is 0 Å². The van der Waals surface area contributed by atoms with Crippen LogP contribution >= 0.6 is 0 Å². The summed E-state index contributed by atoms with van der Waals surface area (Å²) in [6.07, 6.45) is 2.61. The summed E-state index contributed by atoms with van der Waals surface area (Å²) in [7, 11) is 5.57. The molecule has 0 aromatic rings. The van der Waals surface area contributed by atoms with E-state index in [9.17, 15) is 0 Å². The van der Waals surface area contributed by atoms with Gasteiger partial charge in [0.1, 0.15) is 7.85 Å². The maximum Gasteiger partial charge on any atom is 0.109 e. The molecule has 0 aromatic heterocycles. The molecule has 0 aromatic carbocycles. The molecule has 2 radical (unpaired) electrons. The highest BCUT2D eigenvalue weighted by Gasteiger charge is 2.30. The fourth-order valence-corrected chi connectivity index (χ4v) is 1.49. The summed E-state index contributed by atoms with van der Waals surface area (Å²) in [5, 5.41) is 3.65. The van der Waals surface area contributed by atoms with Crippen molar-refractivity contribution in [3.63, 3.8) is 0 Å². The van der Waals surface area contributed by atoms with Gasteiger partial charge in [0.15, 0.2) is 0 Å². The van der Waals surface area contributed by atoms with Crippen LogP contribution in [0.25, 0.3) is 10.4 Å². The average molecular weight is 165 g/mol. The molecule has 5 heteroatoms. The summed E-state index contributed by atoms with van der Waals surface area (Å²) in [5.74, 6) is 0. The maximum absolute atomic E-state index is 8.26. The zero-order valence-electron chi connectivity index (χ0n) is 7.18. The lowest BCUT2D eigenvalue weighted by Gasteiger charge is -2.12. The monoisotopic (exact) mass is 165 g/mol. The van der Waals surface area contributed by atoms with Crippen LogP contribution < -0.4 is 0 Å². The Morgan fingerprint density at radius 3 is 3.08 bits per heavy atom. The Morgan fingerprint density at radius 1 is 1.75 bits per heavy atom. The third-order valence-corrected chi connectivity index (χ3v) is 2.03. The molecule has 0 N–H and O–H groups in total. The largest absolute Gasteiger partial charge is 0.384 e. The Bertz CT molecular complexity index is 193. The first-order chi connectivity index (χ1) is 5.77. The topological polar surface area (TPSA) is 58.0 Å². The minimum absolute atomic E-state index is 0.0286. The third-order valence-electron chi connectivity index (χ3n) is 2.03. The number of rotatable bonds is 3. The van der Waals surface area contributed by atoms with Gasteiger partial charge in [0.25, 0.3) is 0 Å². The Morgan fingerprint density at radius 2 is 2.50 bits per heavy atom. The molecule has 1 saturated heterocycles. The van der Waals surface area contributed by atoms with Crippen LogP contribution in [0.5, 0.6) is 0 Å². The summed E-state index contributed by atoms with van der Waals surface area (Å²) >= 11 is 0. The number of hydrogen-bond acceptors (Lipinski definition) is 2. The molecule has 12 heavy (non-hydrogen) atoms. The van der Waals surface area contributed by atoms with Crippen molar-refractivity contribution in [2.45, 2.75) is 44.3 Å². The van der Waals surface area contributed by atoms with Gasteiger partial charge in [-0.05, 0) is 18.4 Å². The van der Waals surface area contributed by atoms with Gasteiger partial charge in [-0.3, -0.25) is 0 Å². The zero-order valence-corrected chi connectivity index (χ0v) is 7.18. The molecule has 0 spiro atoms. The molecule has 1 heterocycles. The van der Waals surface area contributed by atoms with Gasteiger partial charge in [0.05, 0.1) is 12.1 Å². The summed E-state index contributed by atoms with van der Waals surface area (Å²) < 4.78 is 5.38. The second-order valence-electron chi connectivity index (χ2n) is 3.01. The lowest BCUT2D eigenvalue weighted by molar-refractivity contribution is 0.0762. The predicted molar refractivity (Wildman–Crippen MR) is 46.9 cm³/mol. The van der Waals surface area contributed by atoms with E-state index in [0.717, 1.165) is 12.8 Å². The van der Waals surface area contributed by atoms with E-state index in [-0.39, 0.29) is 18.1 Å². The number of hydrogen-bond donors (Lipinski definition) is 0. The van der Waals surface area contributed by atoms with Gasteiger partial charge in [-0.1, -0.05) is 18.5 Å². The van der Waals surface area contributed by atoms with E-state index < -0.39 is 0 Å². The smallest absolute Gasteiger partial charge is 0.109 e. The van der Waals surface area contributed by atoms with Crippen LogP contribution in [0.3, 0.4) is 0 Å². The number of azide groups is 1. The zero-order chi connectivity index (χ0) is 8.97. The highest BCUT2D eigenvalue weighted by molar-refractivity contribution is 6.11. The fourth-order valence-electron chi connectivity index (χ4n) is 1.49. The lowest BCUT2D eigenvalue weighted by Crippen LogP contribution is -2.18. The van der Waals surface area contributed by atoms with Gasteiger partial charge < -0.3 is 4.74 Å². The predicted octanol–water partition coefficient (Wildman–Crippen LogP) is 1.75. The lowest BCUT2D eigenvalue weighted by atomic mass is 9.95. The van der Waals surface area contributed by atoms with Crippen LogP contribution in [0, 0.1) is 0 Å². The van der Waals surface area contributed by atoms with Crippen molar-refractivity contribution < 1.29 is 4.74 Å². The maximum atomic E-state index is 8.26. The van der Waals surface area contributed by atoms with E-state index in [1.165, 1.54) is 0 Å². The van der Waals surface area contributed by atoms with Crippen molar-refractivity contribution in [2.24, 2.45) is 5.11 Å². The molecule has 64 valence electrons. The highest BCUT2D eigenvalue weighted by atomic mass is 16.5. The first-order valence-electron chi connectivity index (χ1n) is 4.23. The highest BCUT2D eigenvalue weighted by Crippen LogP contribution is 2.24. The SMILES string of the molecule is [B]C1CC(N=[N+]=[N-])C(CCC)O1. The van der Waals surface area contributed by atoms with E-state index in [1.54, 1.807) is 0 Å². The van der Waals surface area contributed by atoms with E-state index >= 15 is 0 Å². The molecule has 1 rings (SSSR count). The van der Waals surface area contributed by atoms with E-state index in [1.807, 2.05) is 0 Å². The van der Waals surface area contributed by atoms with Crippen LogP contribution in [0.1, 0.15) is 26.2 Å². The van der Waals surface area contributed by atoms with Crippen molar-refractivity contribution in [2.75, 3.05) is 0 Å². The van der Waals surface area contributed by atoms with Crippen molar-refractivity contribution >= 4 is 7.85 Å². The minimum atomic E-state index is -0.253. The van der Waals surface area contributed by atoms with Crippen LogP contribution in [0.4, 0.5) is 0 Å². The van der Waals surface area contributed by atoms with E-state index in [0.29, 0.717) is 6.42 Å². The van der Waals surface area contributed by atoms with Gasteiger partial charge in [0.2, 0.25) is 0 Å². The molecular weight excluding hydrogens is 153 g/mol.